The lowest BCUT2D eigenvalue weighted by Gasteiger charge is -2.25. The Morgan fingerprint density at radius 3 is 1.19 bits per heavy atom. The second-order valence-electron chi connectivity index (χ2n) is 8.45. The van der Waals surface area contributed by atoms with E-state index in [0.717, 1.165) is 34.0 Å². The van der Waals surface area contributed by atoms with Crippen LogP contribution in [0.25, 0.3) is 11.5 Å². The molecular weight excluding hydrogens is 456 g/mol. The van der Waals surface area contributed by atoms with Gasteiger partial charge in [0.15, 0.2) is 0 Å². The highest BCUT2D eigenvalue weighted by molar-refractivity contribution is 5.77. The lowest BCUT2D eigenvalue weighted by atomic mass is 10.1. The Balaban J connectivity index is 1.34. The molecule has 0 saturated heterocycles. The average Bonchev–Trinajstić information content (AvgIpc) is 3.46. The van der Waals surface area contributed by atoms with Gasteiger partial charge in [-0.2, -0.15) is 0 Å². The summed E-state index contributed by atoms with van der Waals surface area (Å²) in [4.78, 5) is 4.17. The zero-order valence-electron chi connectivity index (χ0n) is 20.1. The van der Waals surface area contributed by atoms with Gasteiger partial charge in [-0.25, -0.2) is 0 Å². The minimum atomic E-state index is 0.409. The van der Waals surface area contributed by atoms with Crippen molar-refractivity contribution in [1.29, 1.82) is 0 Å². The van der Waals surface area contributed by atoms with Gasteiger partial charge in [-0.15, -0.1) is 5.10 Å². The fraction of sp³-hybridized carbons (Fsp3) is 0. The summed E-state index contributed by atoms with van der Waals surface area (Å²) in [5.74, 6) is 0.462. The Kier molecular flexibility index (Phi) is 6.16. The fourth-order valence-electron chi connectivity index (χ4n) is 4.30. The molecule has 0 unspecified atom stereocenters. The van der Waals surface area contributed by atoms with Crippen molar-refractivity contribution in [3.05, 3.63) is 146 Å². The third kappa shape index (κ3) is 4.70. The van der Waals surface area contributed by atoms with E-state index in [1.165, 1.54) is 0 Å². The van der Waals surface area contributed by atoms with Crippen LogP contribution in [-0.4, -0.2) is 10.2 Å². The van der Waals surface area contributed by atoms with Crippen LogP contribution in [0.5, 0.6) is 0 Å². The first-order valence-electron chi connectivity index (χ1n) is 12.1. The molecule has 37 heavy (non-hydrogen) atoms. The molecule has 178 valence electrons. The highest BCUT2D eigenvalue weighted by Crippen LogP contribution is 2.37. The molecular formula is C32H24N4O. The second-order valence-corrected chi connectivity index (χ2v) is 8.45. The van der Waals surface area contributed by atoms with E-state index in [2.05, 4.69) is 51.5 Å². The van der Waals surface area contributed by atoms with Crippen LogP contribution in [0.15, 0.2) is 150 Å². The highest BCUT2D eigenvalue weighted by atomic mass is 16.4. The molecule has 6 aromatic rings. The van der Waals surface area contributed by atoms with Crippen LogP contribution >= 0.6 is 0 Å². The molecule has 0 amide bonds. The molecule has 0 fully saturated rings. The van der Waals surface area contributed by atoms with Gasteiger partial charge in [0.05, 0.1) is 11.4 Å². The second kappa shape index (κ2) is 10.2. The van der Waals surface area contributed by atoms with Gasteiger partial charge in [0.1, 0.15) is 0 Å². The van der Waals surface area contributed by atoms with Gasteiger partial charge in [-0.3, -0.25) is 4.90 Å². The van der Waals surface area contributed by atoms with E-state index >= 15 is 0 Å². The number of rotatable bonds is 7. The molecule has 0 N–H and O–H groups in total. The molecule has 0 aliphatic heterocycles. The van der Waals surface area contributed by atoms with Gasteiger partial charge in [-0.1, -0.05) is 77.9 Å². The monoisotopic (exact) mass is 480 g/mol. The van der Waals surface area contributed by atoms with Gasteiger partial charge in [-0.05, 0) is 72.8 Å². The Morgan fingerprint density at radius 1 is 0.378 bits per heavy atom. The first kappa shape index (κ1) is 22.3. The molecule has 5 nitrogen and oxygen atoms in total. The van der Waals surface area contributed by atoms with Crippen molar-refractivity contribution in [2.45, 2.75) is 0 Å². The maximum absolute atomic E-state index is 6.20. The number of para-hydroxylation sites is 4. The number of benzene rings is 5. The third-order valence-electron chi connectivity index (χ3n) is 6.04. The summed E-state index contributed by atoms with van der Waals surface area (Å²) < 4.78 is 6.20. The maximum Gasteiger partial charge on any atom is 0.327 e. The molecule has 6 rings (SSSR count). The Labute approximate surface area is 215 Å². The standard InChI is InChI=1S/C32H24N4O/c1-5-13-26(14-6-1)35(27-15-7-2-8-16-27)30-23-21-25(22-24-30)31-33-34-32(37-31)36(28-17-9-3-10-18-28)29-19-11-4-12-20-29/h1-24H. The zero-order valence-corrected chi connectivity index (χ0v) is 20.1. The van der Waals surface area contributed by atoms with Gasteiger partial charge in [0.2, 0.25) is 5.89 Å². The van der Waals surface area contributed by atoms with Crippen molar-refractivity contribution >= 4 is 34.5 Å². The Morgan fingerprint density at radius 2 is 0.757 bits per heavy atom. The summed E-state index contributed by atoms with van der Waals surface area (Å²) in [5.41, 5.74) is 5.95. The normalized spacial score (nSPS) is 10.7. The number of hydrogen-bond donors (Lipinski definition) is 0. The number of aromatic nitrogens is 2. The first-order chi connectivity index (χ1) is 18.4. The molecule has 0 aliphatic rings. The Bertz CT molecular complexity index is 1470. The van der Waals surface area contributed by atoms with E-state index < -0.39 is 0 Å². The molecule has 0 radical (unpaired) electrons. The number of anilines is 6. The van der Waals surface area contributed by atoms with Crippen LogP contribution in [0.3, 0.4) is 0 Å². The quantitative estimate of drug-likeness (QED) is 0.229. The minimum absolute atomic E-state index is 0.409. The molecule has 5 heteroatoms. The molecule has 1 heterocycles. The summed E-state index contributed by atoms with van der Waals surface area (Å²) in [6, 6.07) is 49.3. The van der Waals surface area contributed by atoms with Crippen molar-refractivity contribution < 1.29 is 4.42 Å². The fourth-order valence-corrected chi connectivity index (χ4v) is 4.30. The average molecular weight is 481 g/mol. The van der Waals surface area contributed by atoms with Crippen molar-refractivity contribution in [3.8, 4) is 11.5 Å². The number of hydrogen-bond acceptors (Lipinski definition) is 5. The highest BCUT2D eigenvalue weighted by Gasteiger charge is 2.20. The van der Waals surface area contributed by atoms with Gasteiger partial charge >= 0.3 is 6.01 Å². The summed E-state index contributed by atoms with van der Waals surface area (Å²) in [5, 5.41) is 8.77. The predicted octanol–water partition coefficient (Wildman–Crippen LogP) is 8.68. The molecule has 1 aromatic heterocycles. The molecule has 0 aliphatic carbocycles. The zero-order chi connectivity index (χ0) is 24.9. The number of nitrogens with zero attached hydrogens (tertiary/aromatic N) is 4. The van der Waals surface area contributed by atoms with E-state index in [0.29, 0.717) is 11.9 Å². The molecule has 0 saturated carbocycles. The minimum Gasteiger partial charge on any atom is -0.403 e. The van der Waals surface area contributed by atoms with E-state index in [1.807, 2.05) is 114 Å². The lowest BCUT2D eigenvalue weighted by Crippen LogP contribution is -2.10. The van der Waals surface area contributed by atoms with Crippen LogP contribution in [0.2, 0.25) is 0 Å². The van der Waals surface area contributed by atoms with Crippen molar-refractivity contribution in [2.24, 2.45) is 0 Å². The van der Waals surface area contributed by atoms with Crippen LogP contribution in [0.4, 0.5) is 34.5 Å². The van der Waals surface area contributed by atoms with Gasteiger partial charge < -0.3 is 9.32 Å². The summed E-state index contributed by atoms with van der Waals surface area (Å²) >= 11 is 0. The van der Waals surface area contributed by atoms with Crippen LogP contribution in [0, 0.1) is 0 Å². The first-order valence-corrected chi connectivity index (χ1v) is 12.1. The molecule has 0 spiro atoms. The lowest BCUT2D eigenvalue weighted by molar-refractivity contribution is 0.575. The summed E-state index contributed by atoms with van der Waals surface area (Å²) in [6.45, 7) is 0. The topological polar surface area (TPSA) is 45.4 Å². The van der Waals surface area contributed by atoms with Gasteiger partial charge in [0.25, 0.3) is 0 Å². The van der Waals surface area contributed by atoms with E-state index in [4.69, 9.17) is 4.42 Å². The molecule has 5 aromatic carbocycles. The largest absolute Gasteiger partial charge is 0.403 e. The molecule has 0 atom stereocenters. The Hall–Kier alpha value is -5.16. The third-order valence-corrected chi connectivity index (χ3v) is 6.04. The molecule has 0 bridgehead atoms. The maximum atomic E-state index is 6.20. The van der Waals surface area contributed by atoms with Crippen LogP contribution < -0.4 is 9.80 Å². The van der Waals surface area contributed by atoms with Crippen LogP contribution in [-0.2, 0) is 0 Å². The summed E-state index contributed by atoms with van der Waals surface area (Å²) in [6.07, 6.45) is 0. The van der Waals surface area contributed by atoms with Crippen molar-refractivity contribution in [2.75, 3.05) is 9.80 Å². The van der Waals surface area contributed by atoms with E-state index in [9.17, 15) is 0 Å². The van der Waals surface area contributed by atoms with Crippen LogP contribution in [0.1, 0.15) is 0 Å². The SMILES string of the molecule is c1ccc(N(c2ccccc2)c2ccc(-c3nnc(N(c4ccccc4)c4ccccc4)o3)cc2)cc1. The van der Waals surface area contributed by atoms with Gasteiger partial charge in [0, 0.05) is 22.6 Å². The predicted molar refractivity (Wildman–Crippen MR) is 149 cm³/mol. The summed E-state index contributed by atoms with van der Waals surface area (Å²) in [7, 11) is 0. The smallest absolute Gasteiger partial charge is 0.327 e. The van der Waals surface area contributed by atoms with Crippen molar-refractivity contribution in [1.82, 2.24) is 10.2 Å². The van der Waals surface area contributed by atoms with Crippen molar-refractivity contribution in [3.63, 3.8) is 0 Å². The van der Waals surface area contributed by atoms with E-state index in [1.54, 1.807) is 0 Å². The van der Waals surface area contributed by atoms with E-state index in [-0.39, 0.29) is 0 Å².